The summed E-state index contributed by atoms with van der Waals surface area (Å²) in [6.45, 7) is 0. The van der Waals surface area contributed by atoms with E-state index in [2.05, 4.69) is 37.1 Å². The molecule has 0 unspecified atom stereocenters. The van der Waals surface area contributed by atoms with Crippen molar-refractivity contribution < 1.29 is 0 Å². The smallest absolute Gasteiger partial charge is 0.0494 e. The van der Waals surface area contributed by atoms with Crippen LogP contribution in [-0.4, -0.2) is 9.56 Å². The Morgan fingerprint density at radius 2 is 2.33 bits per heavy atom. The van der Waals surface area contributed by atoms with Gasteiger partial charge in [-0.05, 0) is 5.37 Å². The summed E-state index contributed by atoms with van der Waals surface area (Å²) in [6, 6.07) is 0. The molecule has 0 atom stereocenters. The summed E-state index contributed by atoms with van der Waals surface area (Å²) in [6.07, 6.45) is 0.660. The Morgan fingerprint density at radius 1 is 1.83 bits per heavy atom. The zero-order valence-electron chi connectivity index (χ0n) is 3.05. The van der Waals surface area contributed by atoms with Crippen molar-refractivity contribution in [2.24, 2.45) is 0 Å². The Hall–Kier alpha value is 0.530. The Labute approximate surface area is 53.3 Å². The number of rotatable bonds is 2. The largest absolute Gasteiger partial charge is 0.136 e. The first kappa shape index (κ1) is 6.53. The third-order valence-electron chi connectivity index (χ3n) is 0.258. The molecule has 0 amide bonds. The third-order valence-corrected chi connectivity index (χ3v) is 0.774. The van der Waals surface area contributed by atoms with Crippen molar-refractivity contribution in [1.29, 1.82) is 0 Å². The van der Waals surface area contributed by atoms with Crippen LogP contribution in [0.25, 0.3) is 0 Å². The van der Waals surface area contributed by atoms with Gasteiger partial charge in [-0.15, -0.1) is 12.6 Å². The summed E-state index contributed by atoms with van der Waals surface area (Å²) in [5.74, 6) is 0. The maximum absolute atomic E-state index is 4.56. The van der Waals surface area contributed by atoms with Crippen LogP contribution in [0.2, 0.25) is 0 Å². The lowest BCUT2D eigenvalue weighted by Crippen LogP contribution is -1.77. The number of thiocarbonyl (C=S) groups is 2. The van der Waals surface area contributed by atoms with Gasteiger partial charge in [-0.3, -0.25) is 0 Å². The lowest BCUT2D eigenvalue weighted by atomic mass is 10.6. The molecule has 0 aliphatic heterocycles. The van der Waals surface area contributed by atoms with E-state index < -0.39 is 0 Å². The zero-order chi connectivity index (χ0) is 4.99. The Morgan fingerprint density at radius 3 is 2.33 bits per heavy atom. The maximum atomic E-state index is 4.56. The highest BCUT2D eigenvalue weighted by Gasteiger charge is 1.77. The van der Waals surface area contributed by atoms with E-state index in [0.29, 0.717) is 10.6 Å². The average Bonchev–Trinajstić information content (AvgIpc) is 1.35. The quantitative estimate of drug-likeness (QED) is 0.452. The van der Waals surface area contributed by atoms with E-state index >= 15 is 0 Å². The van der Waals surface area contributed by atoms with E-state index in [1.807, 2.05) is 0 Å². The second kappa shape index (κ2) is 3.71. The van der Waals surface area contributed by atoms with Crippen molar-refractivity contribution in [3.05, 3.63) is 0 Å². The summed E-state index contributed by atoms with van der Waals surface area (Å²) >= 11 is 12.8. The molecule has 0 N–H and O–H groups in total. The summed E-state index contributed by atoms with van der Waals surface area (Å²) < 4.78 is 0.657. The van der Waals surface area contributed by atoms with Crippen molar-refractivity contribution in [3.8, 4) is 0 Å². The highest BCUT2D eigenvalue weighted by Crippen LogP contribution is 1.86. The minimum Gasteiger partial charge on any atom is -0.136 e. The molecular weight excluding hydrogens is 132 g/mol. The Bertz CT molecular complexity index is 66.4. The van der Waals surface area contributed by atoms with Crippen LogP contribution in [0.4, 0.5) is 0 Å². The molecule has 0 rings (SSSR count). The predicted molar refractivity (Wildman–Crippen MR) is 39.9 cm³/mol. The van der Waals surface area contributed by atoms with Crippen LogP contribution in [0.3, 0.4) is 0 Å². The van der Waals surface area contributed by atoms with Gasteiger partial charge in [0.15, 0.2) is 0 Å². The van der Waals surface area contributed by atoms with E-state index in [1.54, 1.807) is 5.37 Å². The molecule has 0 saturated heterocycles. The van der Waals surface area contributed by atoms with Crippen LogP contribution < -0.4 is 0 Å². The molecule has 0 saturated carbocycles. The van der Waals surface area contributed by atoms with Crippen molar-refractivity contribution in [1.82, 2.24) is 0 Å². The molecular formula is C3H4S3. The van der Waals surface area contributed by atoms with Gasteiger partial charge in [0.05, 0.1) is 0 Å². The van der Waals surface area contributed by atoms with Crippen molar-refractivity contribution >= 4 is 46.6 Å². The van der Waals surface area contributed by atoms with Crippen molar-refractivity contribution in [3.63, 3.8) is 0 Å². The fourth-order valence-corrected chi connectivity index (χ4v) is 0.642. The van der Waals surface area contributed by atoms with Gasteiger partial charge >= 0.3 is 0 Å². The van der Waals surface area contributed by atoms with Crippen LogP contribution in [-0.2, 0) is 0 Å². The van der Waals surface area contributed by atoms with Crippen molar-refractivity contribution in [2.45, 2.75) is 6.42 Å². The minimum atomic E-state index is 0.657. The first-order chi connectivity index (χ1) is 2.77. The van der Waals surface area contributed by atoms with Gasteiger partial charge in [-0.25, -0.2) is 0 Å². The normalized spacial score (nSPS) is 7.50. The summed E-state index contributed by atoms with van der Waals surface area (Å²) in [5.41, 5.74) is 0. The molecule has 0 aliphatic rings. The second-order valence-corrected chi connectivity index (χ2v) is 2.43. The zero-order valence-corrected chi connectivity index (χ0v) is 5.58. The van der Waals surface area contributed by atoms with Crippen LogP contribution >= 0.6 is 37.1 Å². The molecule has 0 spiro atoms. The Kier molecular flexibility index (Phi) is 4.04. The van der Waals surface area contributed by atoms with Gasteiger partial charge in [-0.1, -0.05) is 24.4 Å². The van der Waals surface area contributed by atoms with E-state index in [0.717, 1.165) is 0 Å². The SMILES string of the molecule is S=CCC(=S)S. The fourth-order valence-electron chi connectivity index (χ4n) is 0.0713. The van der Waals surface area contributed by atoms with Gasteiger partial charge in [0.1, 0.15) is 0 Å². The lowest BCUT2D eigenvalue weighted by Gasteiger charge is -1.77. The van der Waals surface area contributed by atoms with E-state index in [1.165, 1.54) is 0 Å². The van der Waals surface area contributed by atoms with Gasteiger partial charge in [0, 0.05) is 10.6 Å². The maximum Gasteiger partial charge on any atom is 0.0494 e. The van der Waals surface area contributed by atoms with Gasteiger partial charge < -0.3 is 0 Å². The number of hydrogen-bond acceptors (Lipinski definition) is 2. The van der Waals surface area contributed by atoms with Crippen LogP contribution in [0.1, 0.15) is 6.42 Å². The molecule has 0 aromatic heterocycles. The topological polar surface area (TPSA) is 0 Å². The molecule has 6 heavy (non-hydrogen) atoms. The standard InChI is InChI=1S/C3H4S3/c4-2-1-3(5)6/h2H,1H2,(H,5,6). The summed E-state index contributed by atoms with van der Waals surface area (Å²) in [5, 5.41) is 1.56. The average molecular weight is 136 g/mol. The Balaban J connectivity index is 3.05. The number of thiol groups is 1. The minimum absolute atomic E-state index is 0.657. The highest BCUT2D eigenvalue weighted by molar-refractivity contribution is 8.11. The molecule has 0 radical (unpaired) electrons. The number of hydrogen-bond donors (Lipinski definition) is 1. The lowest BCUT2D eigenvalue weighted by molar-refractivity contribution is 1.84. The fraction of sp³-hybridized carbons (Fsp3) is 0.333. The van der Waals surface area contributed by atoms with E-state index in [9.17, 15) is 0 Å². The highest BCUT2D eigenvalue weighted by atomic mass is 32.1. The van der Waals surface area contributed by atoms with Gasteiger partial charge in [-0.2, -0.15) is 0 Å². The predicted octanol–water partition coefficient (Wildman–Crippen LogP) is 1.63. The van der Waals surface area contributed by atoms with E-state index in [-0.39, 0.29) is 0 Å². The van der Waals surface area contributed by atoms with Crippen LogP contribution in [0.5, 0.6) is 0 Å². The first-order valence-corrected chi connectivity index (χ1v) is 2.75. The molecule has 0 aliphatic carbocycles. The molecule has 0 nitrogen and oxygen atoms in total. The molecule has 0 aromatic rings. The molecule has 0 bridgehead atoms. The molecule has 3 heteroatoms. The van der Waals surface area contributed by atoms with Crippen molar-refractivity contribution in [2.75, 3.05) is 0 Å². The summed E-state index contributed by atoms with van der Waals surface area (Å²) in [7, 11) is 0. The van der Waals surface area contributed by atoms with E-state index in [4.69, 9.17) is 0 Å². The second-order valence-electron chi connectivity index (χ2n) is 0.765. The van der Waals surface area contributed by atoms with Gasteiger partial charge in [0.25, 0.3) is 0 Å². The van der Waals surface area contributed by atoms with Crippen LogP contribution in [0, 0.1) is 0 Å². The third kappa shape index (κ3) is 4.53. The molecule has 34 valence electrons. The van der Waals surface area contributed by atoms with Crippen LogP contribution in [0.15, 0.2) is 0 Å². The summed E-state index contributed by atoms with van der Waals surface area (Å²) in [4.78, 5) is 0. The molecule has 0 fully saturated rings. The van der Waals surface area contributed by atoms with Gasteiger partial charge in [0.2, 0.25) is 0 Å². The molecule has 0 heterocycles. The first-order valence-electron chi connectivity index (χ1n) is 1.43. The monoisotopic (exact) mass is 136 g/mol. The molecule has 0 aromatic carbocycles.